The number of fused-ring (bicyclic) bond motifs is 1. The van der Waals surface area contributed by atoms with Crippen molar-refractivity contribution in [2.24, 2.45) is 0 Å². The summed E-state index contributed by atoms with van der Waals surface area (Å²) in [6.45, 7) is 3.16. The van der Waals surface area contributed by atoms with Crippen LogP contribution in [0.25, 0.3) is 11.1 Å². The molecule has 1 heterocycles. The van der Waals surface area contributed by atoms with Crippen LogP contribution in [0.2, 0.25) is 0 Å². The van der Waals surface area contributed by atoms with Crippen LogP contribution in [0.3, 0.4) is 0 Å². The van der Waals surface area contributed by atoms with E-state index < -0.39 is 18.0 Å². The molecule has 3 rings (SSSR count). The topological polar surface area (TPSA) is 111 Å². The van der Waals surface area contributed by atoms with E-state index in [2.05, 4.69) is 15.6 Å². The van der Waals surface area contributed by atoms with Gasteiger partial charge in [0.2, 0.25) is 5.91 Å². The first-order chi connectivity index (χ1) is 13.5. The van der Waals surface area contributed by atoms with Crippen LogP contribution >= 0.6 is 0 Å². The molecular formula is C20H19N3O5. The van der Waals surface area contributed by atoms with Gasteiger partial charge >= 0.3 is 5.97 Å². The summed E-state index contributed by atoms with van der Waals surface area (Å²) in [6, 6.07) is 11.4. The van der Waals surface area contributed by atoms with E-state index in [1.807, 2.05) is 0 Å². The number of rotatable bonds is 6. The standard InChI is InChI=1S/C20H19N3O5/c1-3-17(19(25)23-15-7-5-14(6-8-15)22-12(2)24)28-20(26)13-4-9-18-16(10-13)21-11-27-18/h4-11,17H,3H2,1-2H3,(H,22,24)(H,23,25). The first-order valence-corrected chi connectivity index (χ1v) is 8.69. The highest BCUT2D eigenvalue weighted by molar-refractivity contribution is 5.98. The van der Waals surface area contributed by atoms with E-state index in [4.69, 9.17) is 9.15 Å². The Morgan fingerprint density at radius 1 is 1.07 bits per heavy atom. The molecule has 0 radical (unpaired) electrons. The van der Waals surface area contributed by atoms with Crippen molar-refractivity contribution in [3.63, 3.8) is 0 Å². The number of carbonyl (C=O) groups excluding carboxylic acids is 3. The molecule has 8 heteroatoms. The number of aromatic nitrogens is 1. The summed E-state index contributed by atoms with van der Waals surface area (Å²) in [7, 11) is 0. The second-order valence-electron chi connectivity index (χ2n) is 6.08. The monoisotopic (exact) mass is 381 g/mol. The van der Waals surface area contributed by atoms with Crippen LogP contribution in [0.15, 0.2) is 53.3 Å². The number of nitrogens with zero attached hydrogens (tertiary/aromatic N) is 1. The molecule has 1 atom stereocenters. The third kappa shape index (κ3) is 4.53. The SMILES string of the molecule is CCC(OC(=O)c1ccc2ocnc2c1)C(=O)Nc1ccc(NC(C)=O)cc1. The van der Waals surface area contributed by atoms with Crippen LogP contribution in [0.4, 0.5) is 11.4 Å². The Hall–Kier alpha value is -3.68. The predicted molar refractivity (Wildman–Crippen MR) is 103 cm³/mol. The maximum absolute atomic E-state index is 12.5. The second-order valence-corrected chi connectivity index (χ2v) is 6.08. The Labute approximate surface area is 160 Å². The van der Waals surface area contributed by atoms with E-state index in [9.17, 15) is 14.4 Å². The van der Waals surface area contributed by atoms with Crippen molar-refractivity contribution < 1.29 is 23.5 Å². The largest absolute Gasteiger partial charge is 0.449 e. The normalized spacial score (nSPS) is 11.6. The third-order valence-electron chi connectivity index (χ3n) is 3.95. The molecule has 0 saturated heterocycles. The van der Waals surface area contributed by atoms with Gasteiger partial charge in [0.15, 0.2) is 18.1 Å². The van der Waals surface area contributed by atoms with Gasteiger partial charge in [-0.05, 0) is 48.9 Å². The van der Waals surface area contributed by atoms with Crippen LogP contribution < -0.4 is 10.6 Å². The first kappa shape index (κ1) is 19.1. The van der Waals surface area contributed by atoms with Crippen LogP contribution in [0.1, 0.15) is 30.6 Å². The molecule has 0 spiro atoms. The van der Waals surface area contributed by atoms with Crippen LogP contribution in [-0.4, -0.2) is 28.9 Å². The van der Waals surface area contributed by atoms with Gasteiger partial charge in [-0.25, -0.2) is 9.78 Å². The van der Waals surface area contributed by atoms with E-state index >= 15 is 0 Å². The fourth-order valence-electron chi connectivity index (χ4n) is 2.57. The molecule has 1 aromatic heterocycles. The lowest BCUT2D eigenvalue weighted by Gasteiger charge is -2.16. The summed E-state index contributed by atoms with van der Waals surface area (Å²) < 4.78 is 10.5. The minimum Gasteiger partial charge on any atom is -0.449 e. The van der Waals surface area contributed by atoms with Crippen LogP contribution in [-0.2, 0) is 14.3 Å². The molecule has 2 N–H and O–H groups in total. The zero-order valence-corrected chi connectivity index (χ0v) is 15.4. The quantitative estimate of drug-likeness (QED) is 0.634. The van der Waals surface area contributed by atoms with E-state index in [1.165, 1.54) is 13.3 Å². The summed E-state index contributed by atoms with van der Waals surface area (Å²) in [5.41, 5.74) is 2.52. The smallest absolute Gasteiger partial charge is 0.338 e. The second kappa shape index (κ2) is 8.34. The number of carbonyl (C=O) groups is 3. The Morgan fingerprint density at radius 2 is 1.75 bits per heavy atom. The molecule has 28 heavy (non-hydrogen) atoms. The Bertz CT molecular complexity index is 1010. The van der Waals surface area contributed by atoms with Crippen molar-refractivity contribution in [2.75, 3.05) is 10.6 Å². The van der Waals surface area contributed by atoms with Gasteiger partial charge in [0.25, 0.3) is 5.91 Å². The van der Waals surface area contributed by atoms with Crippen LogP contribution in [0, 0.1) is 0 Å². The summed E-state index contributed by atoms with van der Waals surface area (Å²) in [5.74, 6) is -1.24. The molecule has 3 aromatic rings. The van der Waals surface area contributed by atoms with E-state index in [0.29, 0.717) is 28.9 Å². The molecule has 144 valence electrons. The fraction of sp³-hybridized carbons (Fsp3) is 0.200. The fourth-order valence-corrected chi connectivity index (χ4v) is 2.57. The molecule has 2 aromatic carbocycles. The molecule has 8 nitrogen and oxygen atoms in total. The van der Waals surface area contributed by atoms with Crippen molar-refractivity contribution in [3.05, 3.63) is 54.4 Å². The highest BCUT2D eigenvalue weighted by atomic mass is 16.5. The highest BCUT2D eigenvalue weighted by Crippen LogP contribution is 2.17. The number of amides is 2. The lowest BCUT2D eigenvalue weighted by Crippen LogP contribution is -2.32. The lowest BCUT2D eigenvalue weighted by molar-refractivity contribution is -0.124. The third-order valence-corrected chi connectivity index (χ3v) is 3.95. The van der Waals surface area contributed by atoms with Gasteiger partial charge in [-0.1, -0.05) is 6.92 Å². The molecule has 0 aliphatic carbocycles. The average Bonchev–Trinajstić information content (AvgIpc) is 3.14. The molecule has 0 fully saturated rings. The Morgan fingerprint density at radius 3 is 2.39 bits per heavy atom. The van der Waals surface area contributed by atoms with Crippen molar-refractivity contribution in [1.29, 1.82) is 0 Å². The number of nitrogens with one attached hydrogen (secondary N) is 2. The maximum atomic E-state index is 12.5. The summed E-state index contributed by atoms with van der Waals surface area (Å²) in [4.78, 5) is 39.9. The molecule has 0 saturated carbocycles. The van der Waals surface area contributed by atoms with E-state index in [1.54, 1.807) is 49.4 Å². The highest BCUT2D eigenvalue weighted by Gasteiger charge is 2.22. The van der Waals surface area contributed by atoms with Gasteiger partial charge < -0.3 is 19.8 Å². The predicted octanol–water partition coefficient (Wildman–Crippen LogP) is 3.36. The Balaban J connectivity index is 1.64. The van der Waals surface area contributed by atoms with Gasteiger partial charge in [0, 0.05) is 18.3 Å². The number of oxazole rings is 1. The summed E-state index contributed by atoms with van der Waals surface area (Å²) in [5, 5.41) is 5.34. The minimum atomic E-state index is -0.949. The van der Waals surface area contributed by atoms with Gasteiger partial charge in [0.05, 0.1) is 5.56 Å². The van der Waals surface area contributed by atoms with Gasteiger partial charge in [-0.3, -0.25) is 9.59 Å². The Kier molecular flexibility index (Phi) is 5.69. The van der Waals surface area contributed by atoms with Gasteiger partial charge in [-0.15, -0.1) is 0 Å². The van der Waals surface area contributed by atoms with Crippen molar-refractivity contribution in [3.8, 4) is 0 Å². The average molecular weight is 381 g/mol. The molecule has 0 aliphatic rings. The maximum Gasteiger partial charge on any atom is 0.338 e. The van der Waals surface area contributed by atoms with E-state index in [-0.39, 0.29) is 11.5 Å². The van der Waals surface area contributed by atoms with Gasteiger partial charge in [-0.2, -0.15) is 0 Å². The van der Waals surface area contributed by atoms with Gasteiger partial charge in [0.1, 0.15) is 5.52 Å². The van der Waals surface area contributed by atoms with Crippen molar-refractivity contribution >= 4 is 40.3 Å². The van der Waals surface area contributed by atoms with E-state index in [0.717, 1.165) is 0 Å². The van der Waals surface area contributed by atoms with Crippen LogP contribution in [0.5, 0.6) is 0 Å². The zero-order chi connectivity index (χ0) is 20.1. The van der Waals surface area contributed by atoms with Crippen molar-refractivity contribution in [2.45, 2.75) is 26.4 Å². The minimum absolute atomic E-state index is 0.182. The molecule has 0 aliphatic heterocycles. The summed E-state index contributed by atoms with van der Waals surface area (Å²) >= 11 is 0. The first-order valence-electron chi connectivity index (χ1n) is 8.69. The molecule has 0 bridgehead atoms. The number of hydrogen-bond donors (Lipinski definition) is 2. The van der Waals surface area contributed by atoms with Crippen molar-refractivity contribution in [1.82, 2.24) is 4.98 Å². The zero-order valence-electron chi connectivity index (χ0n) is 15.4. The molecule has 2 amide bonds. The number of ether oxygens (including phenoxy) is 1. The molecule has 1 unspecified atom stereocenters. The summed E-state index contributed by atoms with van der Waals surface area (Å²) in [6.07, 6.45) is 0.656. The number of benzene rings is 2. The molecular weight excluding hydrogens is 362 g/mol. The number of esters is 1. The number of hydrogen-bond acceptors (Lipinski definition) is 6. The lowest BCUT2D eigenvalue weighted by atomic mass is 10.2. The number of anilines is 2.